The van der Waals surface area contributed by atoms with Gasteiger partial charge in [-0.2, -0.15) is 0 Å². The Morgan fingerprint density at radius 1 is 1.16 bits per heavy atom. The quantitative estimate of drug-likeness (QED) is 0.617. The topological polar surface area (TPSA) is 55.8 Å². The standard InChI is InChI=1S/C20H21FO4/c1-12(2)25-18-8-6-14(10-19(18)24-4)9-16(20(22)23)15-7-5-13(3)17(21)11-15/h5-12H,1-4H3,(H,22,23)/b16-9-. The van der Waals surface area contributed by atoms with E-state index >= 15 is 0 Å². The number of carboxylic acids is 1. The van der Waals surface area contributed by atoms with E-state index in [0.29, 0.717) is 28.2 Å². The van der Waals surface area contributed by atoms with Crippen LogP contribution in [0.1, 0.15) is 30.5 Å². The van der Waals surface area contributed by atoms with Crippen LogP contribution in [-0.4, -0.2) is 24.3 Å². The number of aliphatic carboxylic acids is 1. The summed E-state index contributed by atoms with van der Waals surface area (Å²) >= 11 is 0. The molecule has 2 aromatic carbocycles. The van der Waals surface area contributed by atoms with Gasteiger partial charge < -0.3 is 14.6 Å². The molecule has 25 heavy (non-hydrogen) atoms. The van der Waals surface area contributed by atoms with Crippen molar-refractivity contribution < 1.29 is 23.8 Å². The normalized spacial score (nSPS) is 11.5. The lowest BCUT2D eigenvalue weighted by Crippen LogP contribution is -2.06. The number of halogens is 1. The molecule has 0 saturated carbocycles. The van der Waals surface area contributed by atoms with Crippen molar-refractivity contribution in [1.29, 1.82) is 0 Å². The summed E-state index contributed by atoms with van der Waals surface area (Å²) in [7, 11) is 1.52. The highest BCUT2D eigenvalue weighted by atomic mass is 19.1. The van der Waals surface area contributed by atoms with Gasteiger partial charge in [0.25, 0.3) is 0 Å². The van der Waals surface area contributed by atoms with Crippen LogP contribution >= 0.6 is 0 Å². The molecule has 2 rings (SSSR count). The van der Waals surface area contributed by atoms with Crippen LogP contribution in [0.5, 0.6) is 11.5 Å². The third kappa shape index (κ3) is 4.59. The molecule has 0 spiro atoms. The van der Waals surface area contributed by atoms with Crippen molar-refractivity contribution in [3.63, 3.8) is 0 Å². The minimum absolute atomic E-state index is 0.00141. The van der Waals surface area contributed by atoms with Crippen LogP contribution in [0.4, 0.5) is 4.39 Å². The van der Waals surface area contributed by atoms with E-state index in [1.54, 1.807) is 37.3 Å². The van der Waals surface area contributed by atoms with E-state index in [-0.39, 0.29) is 11.7 Å². The summed E-state index contributed by atoms with van der Waals surface area (Å²) in [5, 5.41) is 9.50. The summed E-state index contributed by atoms with van der Waals surface area (Å²) < 4.78 is 24.7. The zero-order valence-electron chi connectivity index (χ0n) is 14.7. The lowest BCUT2D eigenvalue weighted by molar-refractivity contribution is -0.130. The van der Waals surface area contributed by atoms with Crippen molar-refractivity contribution >= 4 is 17.6 Å². The molecule has 2 aromatic rings. The molecule has 0 amide bonds. The van der Waals surface area contributed by atoms with Crippen molar-refractivity contribution in [2.75, 3.05) is 7.11 Å². The molecular weight excluding hydrogens is 323 g/mol. The van der Waals surface area contributed by atoms with Gasteiger partial charge in [0.1, 0.15) is 5.82 Å². The van der Waals surface area contributed by atoms with E-state index in [9.17, 15) is 14.3 Å². The maximum Gasteiger partial charge on any atom is 0.336 e. The van der Waals surface area contributed by atoms with Gasteiger partial charge in [-0.25, -0.2) is 9.18 Å². The van der Waals surface area contributed by atoms with Crippen LogP contribution in [0.25, 0.3) is 11.6 Å². The number of carboxylic acid groups (broad SMARTS) is 1. The maximum atomic E-state index is 13.8. The average molecular weight is 344 g/mol. The number of hydrogen-bond acceptors (Lipinski definition) is 3. The van der Waals surface area contributed by atoms with Gasteiger partial charge in [0, 0.05) is 0 Å². The van der Waals surface area contributed by atoms with E-state index in [0.717, 1.165) is 0 Å². The molecule has 0 heterocycles. The van der Waals surface area contributed by atoms with Crippen LogP contribution in [0, 0.1) is 12.7 Å². The van der Waals surface area contributed by atoms with Gasteiger partial charge in [-0.3, -0.25) is 0 Å². The highest BCUT2D eigenvalue weighted by molar-refractivity contribution is 6.20. The fraction of sp³-hybridized carbons (Fsp3) is 0.250. The molecule has 132 valence electrons. The molecular formula is C20H21FO4. The van der Waals surface area contributed by atoms with Crippen LogP contribution in [0.15, 0.2) is 36.4 Å². The molecule has 0 radical (unpaired) electrons. The number of rotatable bonds is 6. The van der Waals surface area contributed by atoms with Gasteiger partial charge in [0.15, 0.2) is 11.5 Å². The monoisotopic (exact) mass is 344 g/mol. The Morgan fingerprint density at radius 3 is 2.44 bits per heavy atom. The summed E-state index contributed by atoms with van der Waals surface area (Å²) in [6, 6.07) is 9.51. The number of ether oxygens (including phenoxy) is 2. The zero-order valence-corrected chi connectivity index (χ0v) is 14.7. The number of benzene rings is 2. The second-order valence-electron chi connectivity index (χ2n) is 5.90. The predicted octanol–water partition coefficient (Wildman–Crippen LogP) is 4.56. The Hall–Kier alpha value is -2.82. The second-order valence-corrected chi connectivity index (χ2v) is 5.90. The third-order valence-electron chi connectivity index (χ3n) is 3.57. The molecule has 4 nitrogen and oxygen atoms in total. The van der Waals surface area contributed by atoms with Crippen molar-refractivity contribution in [2.45, 2.75) is 26.9 Å². The first-order chi connectivity index (χ1) is 11.8. The van der Waals surface area contributed by atoms with E-state index in [4.69, 9.17) is 9.47 Å². The number of aryl methyl sites for hydroxylation is 1. The predicted molar refractivity (Wildman–Crippen MR) is 95.4 cm³/mol. The van der Waals surface area contributed by atoms with Crippen molar-refractivity contribution in [2.24, 2.45) is 0 Å². The SMILES string of the molecule is COc1cc(/C=C(\C(=O)O)c2ccc(C)c(F)c2)ccc1OC(C)C. The van der Waals surface area contributed by atoms with Gasteiger partial charge in [0.05, 0.1) is 18.8 Å². The smallest absolute Gasteiger partial charge is 0.336 e. The van der Waals surface area contributed by atoms with Crippen molar-refractivity contribution in [3.05, 3.63) is 58.9 Å². The van der Waals surface area contributed by atoms with E-state index in [1.165, 1.54) is 19.3 Å². The largest absolute Gasteiger partial charge is 0.493 e. The first-order valence-electron chi connectivity index (χ1n) is 7.88. The molecule has 0 saturated heterocycles. The molecule has 0 aliphatic carbocycles. The van der Waals surface area contributed by atoms with Crippen LogP contribution < -0.4 is 9.47 Å². The Labute approximate surface area is 146 Å². The first-order valence-corrected chi connectivity index (χ1v) is 7.88. The number of carbonyl (C=O) groups is 1. The second kappa shape index (κ2) is 7.83. The summed E-state index contributed by atoms with van der Waals surface area (Å²) in [5.41, 5.74) is 1.38. The zero-order chi connectivity index (χ0) is 18.6. The van der Waals surface area contributed by atoms with Gasteiger partial charge in [0.2, 0.25) is 0 Å². The summed E-state index contributed by atoms with van der Waals surface area (Å²) in [4.78, 5) is 11.6. The maximum absolute atomic E-state index is 13.8. The average Bonchev–Trinajstić information content (AvgIpc) is 2.55. The number of hydrogen-bond donors (Lipinski definition) is 1. The molecule has 1 N–H and O–H groups in total. The summed E-state index contributed by atoms with van der Waals surface area (Å²) in [6.45, 7) is 5.44. The minimum Gasteiger partial charge on any atom is -0.493 e. The molecule has 0 fully saturated rings. The molecule has 0 bridgehead atoms. The van der Waals surface area contributed by atoms with Crippen molar-refractivity contribution in [3.8, 4) is 11.5 Å². The molecule has 0 atom stereocenters. The Kier molecular flexibility index (Phi) is 5.80. The van der Waals surface area contributed by atoms with E-state index in [2.05, 4.69) is 0 Å². The summed E-state index contributed by atoms with van der Waals surface area (Å²) in [5.74, 6) is -0.497. The van der Waals surface area contributed by atoms with Crippen LogP contribution in [0.2, 0.25) is 0 Å². The van der Waals surface area contributed by atoms with Gasteiger partial charge >= 0.3 is 5.97 Å². The fourth-order valence-electron chi connectivity index (χ4n) is 2.32. The van der Waals surface area contributed by atoms with Crippen molar-refractivity contribution in [1.82, 2.24) is 0 Å². The lowest BCUT2D eigenvalue weighted by atomic mass is 10.0. The van der Waals surface area contributed by atoms with Gasteiger partial charge in [-0.1, -0.05) is 18.2 Å². The Morgan fingerprint density at radius 2 is 1.88 bits per heavy atom. The van der Waals surface area contributed by atoms with Crippen LogP contribution in [-0.2, 0) is 4.79 Å². The fourth-order valence-corrected chi connectivity index (χ4v) is 2.32. The minimum atomic E-state index is -1.13. The van der Waals surface area contributed by atoms with Crippen LogP contribution in [0.3, 0.4) is 0 Å². The molecule has 0 aliphatic heterocycles. The lowest BCUT2D eigenvalue weighted by Gasteiger charge is -2.14. The van der Waals surface area contributed by atoms with Gasteiger partial charge in [-0.05, 0) is 61.7 Å². The Bertz CT molecular complexity index is 809. The van der Waals surface area contributed by atoms with E-state index in [1.807, 2.05) is 13.8 Å². The summed E-state index contributed by atoms with van der Waals surface area (Å²) in [6.07, 6.45) is 1.47. The molecule has 5 heteroatoms. The number of methoxy groups -OCH3 is 1. The third-order valence-corrected chi connectivity index (χ3v) is 3.57. The van der Waals surface area contributed by atoms with Gasteiger partial charge in [-0.15, -0.1) is 0 Å². The molecule has 0 aliphatic rings. The molecule has 0 aromatic heterocycles. The highest BCUT2D eigenvalue weighted by Crippen LogP contribution is 2.31. The molecule has 0 unspecified atom stereocenters. The highest BCUT2D eigenvalue weighted by Gasteiger charge is 2.14. The first kappa shape index (κ1) is 18.5. The van der Waals surface area contributed by atoms with E-state index < -0.39 is 11.8 Å². The Balaban J connectivity index is 2.46.